The van der Waals surface area contributed by atoms with E-state index >= 15 is 0 Å². The predicted octanol–water partition coefficient (Wildman–Crippen LogP) is 2.60. The van der Waals surface area contributed by atoms with Crippen molar-refractivity contribution in [3.8, 4) is 5.75 Å². The molecule has 1 aliphatic heterocycles. The quantitative estimate of drug-likeness (QED) is 0.720. The molecule has 0 aliphatic carbocycles. The summed E-state index contributed by atoms with van der Waals surface area (Å²) < 4.78 is 43.4. The van der Waals surface area contributed by atoms with Crippen LogP contribution in [0.1, 0.15) is 35.8 Å². The maximum absolute atomic E-state index is 12.6. The Labute approximate surface area is 150 Å². The lowest BCUT2D eigenvalue weighted by Gasteiger charge is -2.12. The topological polar surface area (TPSA) is 76.4 Å². The third-order valence-corrected chi connectivity index (χ3v) is 5.02. The Balaban J connectivity index is 1.61. The highest BCUT2D eigenvalue weighted by molar-refractivity contribution is 7.16. The number of aromatic nitrogens is 4. The van der Waals surface area contributed by atoms with Gasteiger partial charge in [0.05, 0.1) is 6.04 Å². The van der Waals surface area contributed by atoms with Gasteiger partial charge < -0.3 is 4.74 Å². The Hall–Kier alpha value is -2.24. The Kier molecular flexibility index (Phi) is 4.29. The Bertz CT molecular complexity index is 924. The van der Waals surface area contributed by atoms with E-state index in [-0.39, 0.29) is 18.2 Å². The molecule has 2 unspecified atom stereocenters. The van der Waals surface area contributed by atoms with Crippen molar-refractivity contribution in [1.29, 1.82) is 0 Å². The summed E-state index contributed by atoms with van der Waals surface area (Å²) in [6, 6.07) is 6.40. The van der Waals surface area contributed by atoms with Gasteiger partial charge in [-0.05, 0) is 19.4 Å². The van der Waals surface area contributed by atoms with E-state index in [0.29, 0.717) is 22.4 Å². The molecule has 0 radical (unpaired) electrons. The molecular weight excluding hydrogens is 369 g/mol. The van der Waals surface area contributed by atoms with E-state index in [1.165, 1.54) is 23.5 Å². The average Bonchev–Trinajstić information content (AvgIpc) is 3.24. The number of benzene rings is 1. The largest absolute Gasteiger partial charge is 0.573 e. The summed E-state index contributed by atoms with van der Waals surface area (Å²) in [5.74, 6) is 0.211. The van der Waals surface area contributed by atoms with Gasteiger partial charge in [-0.1, -0.05) is 29.5 Å². The first kappa shape index (κ1) is 17.2. The minimum Gasteiger partial charge on any atom is -0.405 e. The number of nitrogens with zero attached hydrogens (tertiary/aromatic N) is 4. The van der Waals surface area contributed by atoms with Crippen molar-refractivity contribution in [1.82, 2.24) is 30.7 Å². The third kappa shape index (κ3) is 3.50. The number of hydrogen-bond acceptors (Lipinski definition) is 7. The zero-order valence-electron chi connectivity index (χ0n) is 13.6. The van der Waals surface area contributed by atoms with Crippen LogP contribution in [0.2, 0.25) is 0 Å². The van der Waals surface area contributed by atoms with Crippen LogP contribution in [0.15, 0.2) is 24.3 Å². The molecule has 2 N–H and O–H groups in total. The van der Waals surface area contributed by atoms with Gasteiger partial charge in [-0.2, -0.15) is 9.61 Å². The van der Waals surface area contributed by atoms with Crippen LogP contribution < -0.4 is 15.6 Å². The normalized spacial score (nSPS) is 20.8. The highest BCUT2D eigenvalue weighted by atomic mass is 32.1. The van der Waals surface area contributed by atoms with Crippen molar-refractivity contribution in [2.45, 2.75) is 38.2 Å². The number of ether oxygens (including phenoxy) is 1. The van der Waals surface area contributed by atoms with Crippen LogP contribution in [0.5, 0.6) is 5.75 Å². The molecule has 0 bridgehead atoms. The molecule has 2 aromatic heterocycles. The van der Waals surface area contributed by atoms with Crippen molar-refractivity contribution in [3.63, 3.8) is 0 Å². The second-order valence-electron chi connectivity index (χ2n) is 6.06. The molecule has 7 nitrogen and oxygen atoms in total. The molecule has 26 heavy (non-hydrogen) atoms. The summed E-state index contributed by atoms with van der Waals surface area (Å²) in [6.07, 6.45) is -3.73. The summed E-state index contributed by atoms with van der Waals surface area (Å²) in [7, 11) is 0. The van der Waals surface area contributed by atoms with Crippen LogP contribution in [0, 0.1) is 0 Å². The monoisotopic (exact) mass is 384 g/mol. The lowest BCUT2D eigenvalue weighted by Crippen LogP contribution is -2.28. The number of para-hydroxylation sites is 1. The van der Waals surface area contributed by atoms with Crippen molar-refractivity contribution in [3.05, 3.63) is 40.7 Å². The van der Waals surface area contributed by atoms with Gasteiger partial charge in [0.2, 0.25) is 4.96 Å². The first-order valence-corrected chi connectivity index (χ1v) is 8.76. The maximum Gasteiger partial charge on any atom is 0.573 e. The van der Waals surface area contributed by atoms with Gasteiger partial charge in [-0.3, -0.25) is 5.43 Å². The molecule has 0 saturated carbocycles. The van der Waals surface area contributed by atoms with E-state index in [2.05, 4.69) is 37.8 Å². The summed E-state index contributed by atoms with van der Waals surface area (Å²) >= 11 is 1.41. The molecular formula is C15H15F3N6OS. The summed E-state index contributed by atoms with van der Waals surface area (Å²) in [5.41, 5.74) is 6.67. The zero-order chi connectivity index (χ0) is 18.3. The van der Waals surface area contributed by atoms with Crippen LogP contribution in [0.4, 0.5) is 13.2 Å². The van der Waals surface area contributed by atoms with Gasteiger partial charge in [0, 0.05) is 18.0 Å². The fraction of sp³-hybridized carbons (Fsp3) is 0.400. The number of nitrogens with one attached hydrogen (secondary N) is 2. The van der Waals surface area contributed by atoms with E-state index in [1.54, 1.807) is 16.6 Å². The van der Waals surface area contributed by atoms with Crippen LogP contribution >= 0.6 is 11.3 Å². The fourth-order valence-electron chi connectivity index (χ4n) is 2.84. The van der Waals surface area contributed by atoms with Gasteiger partial charge in [0.25, 0.3) is 0 Å². The van der Waals surface area contributed by atoms with E-state index in [0.717, 1.165) is 11.4 Å². The SMILES string of the molecule is CC1CC(c2nn3c(Cc4ccccc4OC(F)(F)F)nnc3s2)NN1. The van der Waals surface area contributed by atoms with Crippen LogP contribution in [0.3, 0.4) is 0 Å². The molecule has 0 spiro atoms. The average molecular weight is 384 g/mol. The first-order chi connectivity index (χ1) is 12.4. The Morgan fingerprint density at radius 3 is 2.81 bits per heavy atom. The molecule has 1 aromatic carbocycles. The fourth-order valence-corrected chi connectivity index (χ4v) is 3.77. The van der Waals surface area contributed by atoms with E-state index in [9.17, 15) is 13.2 Å². The Morgan fingerprint density at radius 2 is 2.08 bits per heavy atom. The van der Waals surface area contributed by atoms with Crippen molar-refractivity contribution < 1.29 is 17.9 Å². The highest BCUT2D eigenvalue weighted by Gasteiger charge is 2.32. The molecule has 1 saturated heterocycles. The van der Waals surface area contributed by atoms with E-state index in [1.807, 2.05) is 0 Å². The second kappa shape index (κ2) is 6.49. The summed E-state index contributed by atoms with van der Waals surface area (Å²) in [4.78, 5) is 0.602. The second-order valence-corrected chi connectivity index (χ2v) is 7.05. The number of fused-ring (bicyclic) bond motifs is 1. The van der Waals surface area contributed by atoms with E-state index in [4.69, 9.17) is 0 Å². The van der Waals surface area contributed by atoms with Gasteiger partial charge in [-0.25, -0.2) is 5.43 Å². The zero-order valence-corrected chi connectivity index (χ0v) is 14.4. The number of alkyl halides is 3. The molecule has 1 aliphatic rings. The van der Waals surface area contributed by atoms with Gasteiger partial charge in [0.15, 0.2) is 5.82 Å². The number of halogens is 3. The molecule has 11 heteroatoms. The minimum atomic E-state index is -4.75. The molecule has 138 valence electrons. The molecule has 1 fully saturated rings. The molecule has 4 rings (SSSR count). The lowest BCUT2D eigenvalue weighted by molar-refractivity contribution is -0.274. The van der Waals surface area contributed by atoms with Crippen LogP contribution in [-0.4, -0.2) is 32.2 Å². The number of hydrazine groups is 1. The highest BCUT2D eigenvalue weighted by Crippen LogP contribution is 2.29. The van der Waals surface area contributed by atoms with Gasteiger partial charge in [0.1, 0.15) is 10.8 Å². The van der Waals surface area contributed by atoms with Crippen molar-refractivity contribution >= 4 is 16.3 Å². The summed E-state index contributed by atoms with van der Waals surface area (Å²) in [6.45, 7) is 2.07. The van der Waals surface area contributed by atoms with Gasteiger partial charge in [-0.15, -0.1) is 23.4 Å². The van der Waals surface area contributed by atoms with Crippen LogP contribution in [0.25, 0.3) is 4.96 Å². The smallest absolute Gasteiger partial charge is 0.405 e. The summed E-state index contributed by atoms with van der Waals surface area (Å²) in [5, 5.41) is 13.5. The molecule has 3 aromatic rings. The van der Waals surface area contributed by atoms with Gasteiger partial charge >= 0.3 is 6.36 Å². The Morgan fingerprint density at radius 1 is 1.27 bits per heavy atom. The predicted molar refractivity (Wildman–Crippen MR) is 87.7 cm³/mol. The van der Waals surface area contributed by atoms with Crippen molar-refractivity contribution in [2.24, 2.45) is 0 Å². The number of rotatable bonds is 4. The maximum atomic E-state index is 12.6. The van der Waals surface area contributed by atoms with Crippen molar-refractivity contribution in [2.75, 3.05) is 0 Å². The molecule has 2 atom stereocenters. The molecule has 0 amide bonds. The van der Waals surface area contributed by atoms with E-state index < -0.39 is 6.36 Å². The minimum absolute atomic E-state index is 0.0744. The van der Waals surface area contributed by atoms with Crippen LogP contribution in [-0.2, 0) is 6.42 Å². The lowest BCUT2D eigenvalue weighted by atomic mass is 10.1. The standard InChI is InChI=1S/C15H15F3N6OS/c1-8-6-10(20-19-8)13-23-24-12(21-22-14(24)26-13)7-9-4-2-3-5-11(9)25-15(16,17)18/h2-5,8,10,19-20H,6-7H2,1H3. The number of hydrogen-bond donors (Lipinski definition) is 2. The first-order valence-electron chi connectivity index (χ1n) is 7.95. The third-order valence-electron chi connectivity index (χ3n) is 4.01. The molecule has 3 heterocycles.